The van der Waals surface area contributed by atoms with Crippen LogP contribution in [0.5, 0.6) is 0 Å². The molecule has 23 heavy (non-hydrogen) atoms. The molecule has 0 saturated heterocycles. The molecule has 0 unspecified atom stereocenters. The molecule has 0 fully saturated rings. The molecule has 1 amide bonds. The zero-order valence-electron chi connectivity index (χ0n) is 13.0. The number of benzene rings is 1. The van der Waals surface area contributed by atoms with Crippen molar-refractivity contribution in [2.75, 3.05) is 5.32 Å². The summed E-state index contributed by atoms with van der Waals surface area (Å²) in [6.45, 7) is 4.03. The van der Waals surface area contributed by atoms with Gasteiger partial charge in [0.05, 0.1) is 0 Å². The first-order valence-corrected chi connectivity index (χ1v) is 8.15. The highest BCUT2D eigenvalue weighted by atomic mass is 79.9. The lowest BCUT2D eigenvalue weighted by Gasteiger charge is -2.13. The number of carboxylic acid groups (broad SMARTS) is 1. The number of rotatable bonds is 6. The predicted molar refractivity (Wildman–Crippen MR) is 92.9 cm³/mol. The molecular weight excluding hydrogens is 360 g/mol. The molecule has 0 spiro atoms. The molecule has 5 nitrogen and oxygen atoms in total. The van der Waals surface area contributed by atoms with Gasteiger partial charge in [-0.05, 0) is 60.0 Å². The third-order valence-electron chi connectivity index (χ3n) is 3.44. The van der Waals surface area contributed by atoms with Crippen molar-refractivity contribution < 1.29 is 14.7 Å². The van der Waals surface area contributed by atoms with Crippen LogP contribution in [0.3, 0.4) is 0 Å². The molecule has 1 aromatic heterocycles. The number of aromatic nitrogens is 1. The monoisotopic (exact) mass is 378 g/mol. The van der Waals surface area contributed by atoms with Crippen LogP contribution in [0, 0.1) is 0 Å². The van der Waals surface area contributed by atoms with Crippen molar-refractivity contribution in [2.45, 2.75) is 32.7 Å². The third-order valence-corrected chi connectivity index (χ3v) is 3.88. The number of hydrogen-bond acceptors (Lipinski definition) is 2. The quantitative estimate of drug-likeness (QED) is 0.794. The van der Waals surface area contributed by atoms with Crippen LogP contribution in [0.15, 0.2) is 41.0 Å². The van der Waals surface area contributed by atoms with Gasteiger partial charge in [0.1, 0.15) is 5.69 Å². The van der Waals surface area contributed by atoms with Crippen LogP contribution >= 0.6 is 15.9 Å². The van der Waals surface area contributed by atoms with Gasteiger partial charge < -0.3 is 15.0 Å². The van der Waals surface area contributed by atoms with E-state index in [0.717, 1.165) is 10.0 Å². The fraction of sp³-hybridized carbons (Fsp3) is 0.294. The van der Waals surface area contributed by atoms with Crippen LogP contribution in [-0.4, -0.2) is 21.6 Å². The van der Waals surface area contributed by atoms with Crippen LogP contribution in [0.1, 0.15) is 42.4 Å². The van der Waals surface area contributed by atoms with Gasteiger partial charge in [0.15, 0.2) is 0 Å². The van der Waals surface area contributed by atoms with E-state index in [9.17, 15) is 9.59 Å². The summed E-state index contributed by atoms with van der Waals surface area (Å²) in [4.78, 5) is 23.0. The Bertz CT molecular complexity index is 705. The summed E-state index contributed by atoms with van der Waals surface area (Å²) in [5, 5.41) is 11.5. The molecule has 0 aliphatic heterocycles. The molecular formula is C17H19BrN2O3. The number of carboxylic acids is 1. The Morgan fingerprint density at radius 2 is 1.91 bits per heavy atom. The SMILES string of the molecule is CC(C)n1cc(Br)cc1C(=O)Nc1ccc(CCC(=O)O)cc1. The standard InChI is InChI=1S/C17H19BrN2O3/c1-11(2)20-10-13(18)9-15(20)17(23)19-14-6-3-12(4-7-14)5-8-16(21)22/h3-4,6-7,9-11H,5,8H2,1-2H3,(H,19,23)(H,21,22). The summed E-state index contributed by atoms with van der Waals surface area (Å²) in [6.07, 6.45) is 2.46. The Kier molecular flexibility index (Phi) is 5.60. The number of carbonyl (C=O) groups is 2. The topological polar surface area (TPSA) is 71.3 Å². The minimum absolute atomic E-state index is 0.0988. The number of anilines is 1. The van der Waals surface area contributed by atoms with E-state index < -0.39 is 5.97 Å². The van der Waals surface area contributed by atoms with Crippen molar-refractivity contribution in [2.24, 2.45) is 0 Å². The zero-order chi connectivity index (χ0) is 17.0. The van der Waals surface area contributed by atoms with Crippen LogP contribution < -0.4 is 5.32 Å². The largest absolute Gasteiger partial charge is 0.481 e. The summed E-state index contributed by atoms with van der Waals surface area (Å²) >= 11 is 3.39. The van der Waals surface area contributed by atoms with Gasteiger partial charge in [0.2, 0.25) is 0 Å². The van der Waals surface area contributed by atoms with Crippen LogP contribution in [-0.2, 0) is 11.2 Å². The maximum atomic E-state index is 12.4. The van der Waals surface area contributed by atoms with Crippen LogP contribution in [0.2, 0.25) is 0 Å². The average Bonchev–Trinajstić information content (AvgIpc) is 2.89. The van der Waals surface area contributed by atoms with E-state index in [1.54, 1.807) is 18.2 Å². The number of nitrogens with one attached hydrogen (secondary N) is 1. The molecule has 0 saturated carbocycles. The Hall–Kier alpha value is -2.08. The third kappa shape index (κ3) is 4.69. The summed E-state index contributed by atoms with van der Waals surface area (Å²) in [7, 11) is 0. The average molecular weight is 379 g/mol. The van der Waals surface area contributed by atoms with Gasteiger partial charge in [-0.2, -0.15) is 0 Å². The number of nitrogens with zero attached hydrogens (tertiary/aromatic N) is 1. The normalized spacial score (nSPS) is 10.8. The molecule has 0 bridgehead atoms. The van der Waals surface area contributed by atoms with Crippen LogP contribution in [0.25, 0.3) is 0 Å². The fourth-order valence-corrected chi connectivity index (χ4v) is 2.69. The van der Waals surface area contributed by atoms with Crippen molar-refractivity contribution >= 4 is 33.5 Å². The second-order valence-electron chi connectivity index (χ2n) is 5.59. The lowest BCUT2D eigenvalue weighted by molar-refractivity contribution is -0.136. The van der Waals surface area contributed by atoms with Crippen molar-refractivity contribution in [1.29, 1.82) is 0 Å². The summed E-state index contributed by atoms with van der Waals surface area (Å²) in [6, 6.07) is 9.20. The molecule has 2 rings (SSSR count). The number of aliphatic carboxylic acids is 1. The van der Waals surface area contributed by atoms with Gasteiger partial charge in [0.25, 0.3) is 5.91 Å². The summed E-state index contributed by atoms with van der Waals surface area (Å²) in [5.74, 6) is -0.995. The highest BCUT2D eigenvalue weighted by molar-refractivity contribution is 9.10. The molecule has 1 heterocycles. The van der Waals surface area contributed by atoms with Gasteiger partial charge in [-0.3, -0.25) is 9.59 Å². The highest BCUT2D eigenvalue weighted by Gasteiger charge is 2.15. The molecule has 0 aliphatic rings. The Morgan fingerprint density at radius 1 is 1.26 bits per heavy atom. The van der Waals surface area contributed by atoms with E-state index in [4.69, 9.17) is 5.11 Å². The van der Waals surface area contributed by atoms with Gasteiger partial charge in [-0.25, -0.2) is 0 Å². The number of hydrogen-bond donors (Lipinski definition) is 2. The number of aryl methyl sites for hydroxylation is 1. The van der Waals surface area contributed by atoms with Crippen molar-refractivity contribution in [3.63, 3.8) is 0 Å². The molecule has 0 radical (unpaired) electrons. The summed E-state index contributed by atoms with van der Waals surface area (Å²) in [5.41, 5.74) is 2.20. The molecule has 0 atom stereocenters. The predicted octanol–water partition coefficient (Wildman–Crippen LogP) is 4.10. The van der Waals surface area contributed by atoms with Gasteiger partial charge in [-0.1, -0.05) is 12.1 Å². The van der Waals surface area contributed by atoms with E-state index >= 15 is 0 Å². The van der Waals surface area contributed by atoms with Gasteiger partial charge in [0, 0.05) is 28.8 Å². The van der Waals surface area contributed by atoms with E-state index in [1.807, 2.05) is 36.7 Å². The van der Waals surface area contributed by atoms with Gasteiger partial charge in [-0.15, -0.1) is 0 Å². The first kappa shape index (κ1) is 17.3. The number of amides is 1. The first-order valence-electron chi connectivity index (χ1n) is 7.36. The maximum Gasteiger partial charge on any atom is 0.303 e. The zero-order valence-corrected chi connectivity index (χ0v) is 14.6. The first-order chi connectivity index (χ1) is 10.9. The molecule has 0 aliphatic carbocycles. The van der Waals surface area contributed by atoms with Crippen LogP contribution in [0.4, 0.5) is 5.69 Å². The lowest BCUT2D eigenvalue weighted by atomic mass is 10.1. The number of halogens is 1. The van der Waals surface area contributed by atoms with E-state index in [1.165, 1.54) is 0 Å². The highest BCUT2D eigenvalue weighted by Crippen LogP contribution is 2.21. The lowest BCUT2D eigenvalue weighted by Crippen LogP contribution is -2.17. The Balaban J connectivity index is 2.07. The second kappa shape index (κ2) is 7.46. The fourth-order valence-electron chi connectivity index (χ4n) is 2.26. The van der Waals surface area contributed by atoms with E-state index in [2.05, 4.69) is 21.2 Å². The summed E-state index contributed by atoms with van der Waals surface area (Å²) < 4.78 is 2.76. The smallest absolute Gasteiger partial charge is 0.303 e. The van der Waals surface area contributed by atoms with Crippen molar-refractivity contribution in [1.82, 2.24) is 4.57 Å². The van der Waals surface area contributed by atoms with Crippen molar-refractivity contribution in [3.8, 4) is 0 Å². The Morgan fingerprint density at radius 3 is 2.48 bits per heavy atom. The molecule has 122 valence electrons. The Labute approximate surface area is 143 Å². The van der Waals surface area contributed by atoms with Crippen molar-refractivity contribution in [3.05, 3.63) is 52.3 Å². The van der Waals surface area contributed by atoms with E-state index in [-0.39, 0.29) is 18.4 Å². The van der Waals surface area contributed by atoms with E-state index in [0.29, 0.717) is 17.8 Å². The minimum atomic E-state index is -0.817. The number of carbonyl (C=O) groups excluding carboxylic acids is 1. The minimum Gasteiger partial charge on any atom is -0.481 e. The molecule has 2 aromatic rings. The second-order valence-corrected chi connectivity index (χ2v) is 6.51. The maximum absolute atomic E-state index is 12.4. The molecule has 6 heteroatoms. The molecule has 2 N–H and O–H groups in total. The van der Waals surface area contributed by atoms with Gasteiger partial charge >= 0.3 is 5.97 Å². The molecule has 1 aromatic carbocycles.